The number of hydrogen-bond donors (Lipinski definition) is 22. The van der Waals surface area contributed by atoms with Gasteiger partial charge in [-0.3, -0.25) is 67.1 Å². The van der Waals surface area contributed by atoms with Crippen molar-refractivity contribution in [1.29, 1.82) is 0 Å². The first-order valence-corrected chi connectivity index (χ1v) is 36.6. The Bertz CT molecular complexity index is 3080. The summed E-state index contributed by atoms with van der Waals surface area (Å²) in [6.45, 7) is 15.8. The van der Waals surface area contributed by atoms with E-state index in [1.807, 2.05) is 5.32 Å². The van der Waals surface area contributed by atoms with Crippen LogP contribution in [0.2, 0.25) is 0 Å². The number of hydrogen-bond acceptors (Lipinski definition) is 18. The van der Waals surface area contributed by atoms with Crippen LogP contribution in [0.1, 0.15) is 171 Å². The van der Waals surface area contributed by atoms with E-state index >= 15 is 0 Å². The number of quaternary nitrogens is 4. The molecular formula is C69H122N18O19+4. The molecule has 0 saturated carbocycles. The van der Waals surface area contributed by atoms with E-state index in [1.54, 1.807) is 53.7 Å². The number of phenols is 1. The molecule has 598 valence electrons. The lowest BCUT2D eigenvalue weighted by Crippen LogP contribution is -2.89. The van der Waals surface area contributed by atoms with Crippen molar-refractivity contribution in [1.82, 2.24) is 63.8 Å². The average Bonchev–Trinajstić information content (AvgIpc) is 1.30. The van der Waals surface area contributed by atoms with Gasteiger partial charge in [0, 0.05) is 25.7 Å². The topological polar surface area (TPSA) is 633 Å². The summed E-state index contributed by atoms with van der Waals surface area (Å²) in [5.74, 6) is -15.8. The van der Waals surface area contributed by atoms with Gasteiger partial charge in [0.25, 0.3) is 5.91 Å². The number of amides is 14. The third-order valence-electron chi connectivity index (χ3n) is 17.5. The molecule has 37 heteroatoms. The number of aliphatic carboxylic acids is 1. The molecule has 1 aliphatic heterocycles. The Morgan fingerprint density at radius 1 is 0.443 bits per heavy atom. The molecule has 0 aliphatic carbocycles. The van der Waals surface area contributed by atoms with Crippen molar-refractivity contribution >= 4 is 88.7 Å². The van der Waals surface area contributed by atoms with Crippen molar-refractivity contribution < 1.29 is 115 Å². The minimum atomic E-state index is -1.97. The highest BCUT2D eigenvalue weighted by atomic mass is 16.4. The number of primary amides is 2. The average molecular weight is 1510 g/mol. The number of aliphatic hydroxyl groups is 2. The number of phenolic OH excluding ortho intramolecular Hbond substituents is 1. The standard InChI is InChI=1S/C69H118N18O19/c1-35(2)31-48(63(99)76-38(7)57(93)87-56(40(9)89)69(105)106)81-60(96)45(18-11-14-28-71)78-64(100)49(32-36(3)4)84-68(104)55(39(8)88)86-66(102)51(34-53(74)92)83-62(98)47(25-26-52(73)91)79-59(95)46(19-12-15-29-72)80-67(103)54(37(5)6)85-65(101)50(33-41-21-23-42(90)24-22-41)82-61(97)44(17-10-13-27-70)77-58(94)43-20-16-30-75-43/h21-24,35-40,43-51,54-56,75,88-90H,10-20,25-34,70-72H2,1-9H3,(H2,73,91)(H2,74,92)(H,76,99)(H,77,94)(H,78,100)(H,79,95)(H,80,103)(H,81,96)(H,82,97)(H,83,98)(H,84,104)(H,85,101)(H,86,102)(H,87,93)(H,105,106)/p+4/t38-,39+,40+,43-,44-,45-,46-,47-,48-,49-,50-,51-,54-,55-,56-/m0/s1. The van der Waals surface area contributed by atoms with Crippen LogP contribution in [0.25, 0.3) is 0 Å². The number of carboxylic acid groups (broad SMARTS) is 1. The summed E-state index contributed by atoms with van der Waals surface area (Å²) in [6.07, 6.45) is -1.16. The summed E-state index contributed by atoms with van der Waals surface area (Å²) in [5, 5.41) is 72.8. The zero-order valence-corrected chi connectivity index (χ0v) is 62.8. The number of aromatic hydroxyl groups is 1. The summed E-state index contributed by atoms with van der Waals surface area (Å²) in [6, 6.07) is -12.6. The highest BCUT2D eigenvalue weighted by Gasteiger charge is 2.40. The number of carbonyl (C=O) groups is 15. The Morgan fingerprint density at radius 2 is 0.821 bits per heavy atom. The minimum absolute atomic E-state index is 0.000317. The lowest BCUT2D eigenvalue weighted by Gasteiger charge is -2.29. The first-order valence-electron chi connectivity index (χ1n) is 36.6. The summed E-state index contributed by atoms with van der Waals surface area (Å²) in [5.41, 5.74) is 23.1. The van der Waals surface area contributed by atoms with Gasteiger partial charge in [0.2, 0.25) is 76.8 Å². The Kier molecular flexibility index (Phi) is 42.2. The van der Waals surface area contributed by atoms with Crippen molar-refractivity contribution in [3.05, 3.63) is 29.8 Å². The molecule has 37 nitrogen and oxygen atoms in total. The van der Waals surface area contributed by atoms with Gasteiger partial charge in [0.15, 0.2) is 12.1 Å². The predicted octanol–water partition coefficient (Wildman–Crippen LogP) is -8.53. The van der Waals surface area contributed by atoms with Crippen LogP contribution < -0.4 is 97.8 Å². The molecular weight excluding hydrogens is 1380 g/mol. The number of nitrogens with one attached hydrogen (secondary N) is 12. The molecule has 31 N–H and O–H groups in total. The fourth-order valence-corrected chi connectivity index (χ4v) is 11.5. The van der Waals surface area contributed by atoms with Gasteiger partial charge in [-0.05, 0) is 133 Å². The maximum Gasteiger partial charge on any atom is 0.328 e. The SMILES string of the molecule is CC(C)C[C@H](NC(=O)[C@H](CCCC[NH3+])NC(=O)[C@H](CC(C)C)NC(=O)[C@@H](NC(=O)[C@H](CC(N)=O)NC(=O)[C@H](CCC(N)=O)NC(=O)[C@H](CCCC[NH3+])NC(=O)[C@@H](NC(=O)[C@H](Cc1ccc(O)cc1)NC(=O)[C@H](CCCC[NH3+])NC(=O)[C@@H]1CCC[NH2+]1)C(C)C)[C@@H](C)O)C(=O)N[C@@H](C)C(=O)N[C@H](C(=O)O)[C@@H](C)O. The molecule has 1 fully saturated rings. The molecule has 0 spiro atoms. The van der Waals surface area contributed by atoms with Gasteiger partial charge in [0.1, 0.15) is 72.2 Å². The summed E-state index contributed by atoms with van der Waals surface area (Å²) in [7, 11) is 0. The lowest BCUT2D eigenvalue weighted by molar-refractivity contribution is -0.657. The van der Waals surface area contributed by atoms with Crippen LogP contribution in [-0.2, 0) is 78.3 Å². The largest absolute Gasteiger partial charge is 0.508 e. The van der Waals surface area contributed by atoms with E-state index < -0.39 is 199 Å². The lowest BCUT2D eigenvalue weighted by atomic mass is 9.99. The second-order valence-electron chi connectivity index (χ2n) is 28.4. The third kappa shape index (κ3) is 34.4. The number of benzene rings is 1. The van der Waals surface area contributed by atoms with Crippen molar-refractivity contribution in [3.63, 3.8) is 0 Å². The molecule has 1 aromatic carbocycles. The van der Waals surface area contributed by atoms with Gasteiger partial charge < -0.3 is 118 Å². The molecule has 2 rings (SSSR count). The number of unbranched alkanes of at least 4 members (excludes halogenated alkanes) is 3. The van der Waals surface area contributed by atoms with E-state index in [-0.39, 0.29) is 68.4 Å². The summed E-state index contributed by atoms with van der Waals surface area (Å²) < 4.78 is 0. The zero-order chi connectivity index (χ0) is 80.1. The van der Waals surface area contributed by atoms with Gasteiger partial charge >= 0.3 is 5.97 Å². The van der Waals surface area contributed by atoms with Gasteiger partial charge in [-0.1, -0.05) is 53.7 Å². The fraction of sp³-hybridized carbons (Fsp3) is 0.696. The van der Waals surface area contributed by atoms with Crippen molar-refractivity contribution in [2.75, 3.05) is 26.2 Å². The molecule has 0 bridgehead atoms. The number of carboxylic acids is 1. The van der Waals surface area contributed by atoms with Crippen LogP contribution in [0.5, 0.6) is 5.75 Å². The maximum absolute atomic E-state index is 14.5. The van der Waals surface area contributed by atoms with E-state index in [2.05, 4.69) is 81.0 Å². The minimum Gasteiger partial charge on any atom is -0.508 e. The van der Waals surface area contributed by atoms with Crippen molar-refractivity contribution in [2.45, 2.75) is 262 Å². The Hall–Kier alpha value is -9.17. The van der Waals surface area contributed by atoms with E-state index in [9.17, 15) is 92.3 Å². The van der Waals surface area contributed by atoms with Crippen LogP contribution >= 0.6 is 0 Å². The molecule has 1 aromatic rings. The molecule has 14 amide bonds. The maximum atomic E-state index is 14.5. The Morgan fingerprint density at radius 3 is 1.25 bits per heavy atom. The van der Waals surface area contributed by atoms with Crippen LogP contribution in [0.3, 0.4) is 0 Å². The van der Waals surface area contributed by atoms with Crippen molar-refractivity contribution in [2.24, 2.45) is 29.2 Å². The normalized spacial score (nSPS) is 16.7. The molecule has 0 aromatic heterocycles. The molecule has 15 atom stereocenters. The smallest absolute Gasteiger partial charge is 0.328 e. The first kappa shape index (κ1) is 92.9. The van der Waals surface area contributed by atoms with E-state index in [1.165, 1.54) is 19.1 Å². The van der Waals surface area contributed by atoms with Crippen molar-refractivity contribution in [3.8, 4) is 5.75 Å². The van der Waals surface area contributed by atoms with Gasteiger partial charge in [-0.15, -0.1) is 0 Å². The van der Waals surface area contributed by atoms with Gasteiger partial charge in [0.05, 0.1) is 44.8 Å². The van der Waals surface area contributed by atoms with Gasteiger partial charge in [-0.25, -0.2) is 4.79 Å². The second-order valence-corrected chi connectivity index (χ2v) is 28.4. The zero-order valence-electron chi connectivity index (χ0n) is 62.8. The predicted molar refractivity (Wildman–Crippen MR) is 382 cm³/mol. The molecule has 1 aliphatic rings. The number of aliphatic hydroxyl groups excluding tert-OH is 2. The van der Waals surface area contributed by atoms with Crippen LogP contribution in [-0.4, -0.2) is 226 Å². The first-order chi connectivity index (χ1) is 49.8. The highest BCUT2D eigenvalue weighted by Crippen LogP contribution is 2.17. The number of rotatable bonds is 51. The highest BCUT2D eigenvalue weighted by molar-refractivity contribution is 6.00. The summed E-state index contributed by atoms with van der Waals surface area (Å²) >= 11 is 0. The fourth-order valence-electron chi connectivity index (χ4n) is 11.5. The van der Waals surface area contributed by atoms with Crippen LogP contribution in [0, 0.1) is 17.8 Å². The van der Waals surface area contributed by atoms with E-state index in [4.69, 9.17) is 11.5 Å². The molecule has 1 saturated heterocycles. The molecule has 1 heterocycles. The Labute approximate surface area is 618 Å². The number of nitrogens with two attached hydrogens (primary N) is 3. The van der Waals surface area contributed by atoms with Gasteiger partial charge in [-0.2, -0.15) is 0 Å². The van der Waals surface area contributed by atoms with Crippen LogP contribution in [0.15, 0.2) is 24.3 Å². The van der Waals surface area contributed by atoms with E-state index in [0.29, 0.717) is 63.7 Å². The van der Waals surface area contributed by atoms with Crippen LogP contribution in [0.4, 0.5) is 0 Å². The van der Waals surface area contributed by atoms with E-state index in [0.717, 1.165) is 26.8 Å². The molecule has 106 heavy (non-hydrogen) atoms. The quantitative estimate of drug-likeness (QED) is 0.0269. The second kappa shape index (κ2) is 48.1. The summed E-state index contributed by atoms with van der Waals surface area (Å²) in [4.78, 5) is 206. The molecule has 0 unspecified atom stereocenters. The molecule has 0 radical (unpaired) electrons. The number of carbonyl (C=O) groups excluding carboxylic acids is 14. The monoisotopic (exact) mass is 1510 g/mol. The third-order valence-corrected chi connectivity index (χ3v) is 17.5. The Balaban J connectivity index is 2.49.